The molecular weight excluding hydrogens is 292 g/mol. The summed E-state index contributed by atoms with van der Waals surface area (Å²) in [5, 5.41) is 5.44. The Bertz CT molecular complexity index is 683. The molecule has 0 aliphatic carbocycles. The zero-order valence-electron chi connectivity index (χ0n) is 12.6. The first-order valence-corrected chi connectivity index (χ1v) is 7.58. The molecule has 0 bridgehead atoms. The van der Waals surface area contributed by atoms with E-state index in [1.807, 2.05) is 42.5 Å². The molecule has 1 aliphatic rings. The maximum absolute atomic E-state index is 12.0. The van der Waals surface area contributed by atoms with E-state index in [2.05, 4.69) is 10.6 Å². The Balaban J connectivity index is 1.52. The van der Waals surface area contributed by atoms with Gasteiger partial charge in [0.05, 0.1) is 0 Å². The van der Waals surface area contributed by atoms with Gasteiger partial charge in [-0.3, -0.25) is 9.59 Å². The van der Waals surface area contributed by atoms with Gasteiger partial charge in [0.1, 0.15) is 18.4 Å². The lowest BCUT2D eigenvalue weighted by molar-refractivity contribution is -0.122. The molecule has 0 saturated carbocycles. The Kier molecular flexibility index (Phi) is 4.57. The molecule has 1 heterocycles. The van der Waals surface area contributed by atoms with Crippen molar-refractivity contribution in [2.45, 2.75) is 25.5 Å². The SMILES string of the molecule is O=C1CC[C@H](C(=O)Nc2ccc(OCc3ccccc3)cc2)N1. The summed E-state index contributed by atoms with van der Waals surface area (Å²) < 4.78 is 5.70. The first-order valence-electron chi connectivity index (χ1n) is 7.58. The maximum atomic E-state index is 12.0. The Labute approximate surface area is 134 Å². The highest BCUT2D eigenvalue weighted by atomic mass is 16.5. The van der Waals surface area contributed by atoms with Crippen molar-refractivity contribution < 1.29 is 14.3 Å². The van der Waals surface area contributed by atoms with Crippen LogP contribution in [0.25, 0.3) is 0 Å². The summed E-state index contributed by atoms with van der Waals surface area (Å²) in [6.45, 7) is 0.501. The molecule has 5 nitrogen and oxygen atoms in total. The van der Waals surface area contributed by atoms with E-state index >= 15 is 0 Å². The van der Waals surface area contributed by atoms with E-state index in [1.54, 1.807) is 12.1 Å². The molecule has 1 atom stereocenters. The number of nitrogens with one attached hydrogen (secondary N) is 2. The molecule has 2 aromatic carbocycles. The van der Waals surface area contributed by atoms with Crippen LogP contribution in [0.15, 0.2) is 54.6 Å². The average molecular weight is 310 g/mol. The maximum Gasteiger partial charge on any atom is 0.246 e. The quantitative estimate of drug-likeness (QED) is 0.891. The largest absolute Gasteiger partial charge is 0.489 e. The predicted octanol–water partition coefficient (Wildman–Crippen LogP) is 2.48. The summed E-state index contributed by atoms with van der Waals surface area (Å²) in [5.74, 6) is 0.477. The number of carbonyl (C=O) groups is 2. The molecule has 1 aliphatic heterocycles. The molecular formula is C18H18N2O3. The minimum Gasteiger partial charge on any atom is -0.489 e. The fourth-order valence-electron chi connectivity index (χ4n) is 2.42. The Morgan fingerprint density at radius 2 is 1.87 bits per heavy atom. The molecule has 0 spiro atoms. The van der Waals surface area contributed by atoms with Gasteiger partial charge >= 0.3 is 0 Å². The van der Waals surface area contributed by atoms with Crippen molar-refractivity contribution in [3.8, 4) is 5.75 Å². The lowest BCUT2D eigenvalue weighted by Crippen LogP contribution is -2.37. The lowest BCUT2D eigenvalue weighted by Gasteiger charge is -2.11. The van der Waals surface area contributed by atoms with Crippen molar-refractivity contribution in [1.82, 2.24) is 5.32 Å². The third-order valence-electron chi connectivity index (χ3n) is 3.68. The van der Waals surface area contributed by atoms with Gasteiger partial charge in [0, 0.05) is 12.1 Å². The van der Waals surface area contributed by atoms with E-state index in [-0.39, 0.29) is 11.8 Å². The van der Waals surface area contributed by atoms with Crippen LogP contribution in [0.4, 0.5) is 5.69 Å². The van der Waals surface area contributed by atoms with Crippen LogP contribution < -0.4 is 15.4 Å². The van der Waals surface area contributed by atoms with E-state index in [9.17, 15) is 9.59 Å². The summed E-state index contributed by atoms with van der Waals surface area (Å²) in [6, 6.07) is 16.7. The van der Waals surface area contributed by atoms with Gasteiger partial charge in [0.15, 0.2) is 0 Å². The Morgan fingerprint density at radius 1 is 1.13 bits per heavy atom. The number of carbonyl (C=O) groups excluding carboxylic acids is 2. The fourth-order valence-corrected chi connectivity index (χ4v) is 2.42. The van der Waals surface area contributed by atoms with Crippen LogP contribution in [0, 0.1) is 0 Å². The first kappa shape index (κ1) is 15.1. The second-order valence-corrected chi connectivity index (χ2v) is 5.45. The zero-order chi connectivity index (χ0) is 16.1. The van der Waals surface area contributed by atoms with Crippen LogP contribution in [0.3, 0.4) is 0 Å². The van der Waals surface area contributed by atoms with Gasteiger partial charge in [-0.2, -0.15) is 0 Å². The zero-order valence-corrected chi connectivity index (χ0v) is 12.6. The molecule has 118 valence electrons. The molecule has 2 amide bonds. The molecule has 23 heavy (non-hydrogen) atoms. The van der Waals surface area contributed by atoms with Crippen LogP contribution in [0.2, 0.25) is 0 Å². The van der Waals surface area contributed by atoms with Crippen molar-refractivity contribution >= 4 is 17.5 Å². The molecule has 2 aromatic rings. The number of anilines is 1. The van der Waals surface area contributed by atoms with E-state index in [0.29, 0.717) is 25.1 Å². The molecule has 3 rings (SSSR count). The highest BCUT2D eigenvalue weighted by Crippen LogP contribution is 2.18. The monoisotopic (exact) mass is 310 g/mol. The molecule has 5 heteroatoms. The third kappa shape index (κ3) is 4.10. The number of ether oxygens (including phenoxy) is 1. The fraction of sp³-hybridized carbons (Fsp3) is 0.222. The summed E-state index contributed by atoms with van der Waals surface area (Å²) in [7, 11) is 0. The molecule has 2 N–H and O–H groups in total. The second-order valence-electron chi connectivity index (χ2n) is 5.45. The normalized spacial score (nSPS) is 16.7. The van der Waals surface area contributed by atoms with Gasteiger partial charge in [-0.15, -0.1) is 0 Å². The van der Waals surface area contributed by atoms with Crippen LogP contribution in [0.1, 0.15) is 18.4 Å². The van der Waals surface area contributed by atoms with Crippen LogP contribution in [-0.2, 0) is 16.2 Å². The molecule has 1 fully saturated rings. The van der Waals surface area contributed by atoms with Gasteiger partial charge in [0.25, 0.3) is 0 Å². The number of hydrogen-bond donors (Lipinski definition) is 2. The van der Waals surface area contributed by atoms with E-state index in [4.69, 9.17) is 4.74 Å². The van der Waals surface area contributed by atoms with Gasteiger partial charge < -0.3 is 15.4 Å². The summed E-state index contributed by atoms with van der Waals surface area (Å²) in [5.41, 5.74) is 1.78. The summed E-state index contributed by atoms with van der Waals surface area (Å²) in [6.07, 6.45) is 0.952. The first-order chi connectivity index (χ1) is 11.2. The van der Waals surface area contributed by atoms with E-state index < -0.39 is 6.04 Å². The van der Waals surface area contributed by atoms with Crippen molar-refractivity contribution in [3.63, 3.8) is 0 Å². The molecule has 0 radical (unpaired) electrons. The number of amides is 2. The smallest absolute Gasteiger partial charge is 0.246 e. The standard InChI is InChI=1S/C18H18N2O3/c21-17-11-10-16(20-17)18(22)19-14-6-8-15(9-7-14)23-12-13-4-2-1-3-5-13/h1-9,16H,10-12H2,(H,19,22)(H,20,21)/t16-/m1/s1. The van der Waals surface area contributed by atoms with Crippen molar-refractivity contribution in [1.29, 1.82) is 0 Å². The van der Waals surface area contributed by atoms with E-state index in [0.717, 1.165) is 11.3 Å². The van der Waals surface area contributed by atoms with Crippen molar-refractivity contribution in [2.24, 2.45) is 0 Å². The average Bonchev–Trinajstić information content (AvgIpc) is 3.02. The van der Waals surface area contributed by atoms with Crippen molar-refractivity contribution in [2.75, 3.05) is 5.32 Å². The van der Waals surface area contributed by atoms with Crippen LogP contribution in [0.5, 0.6) is 5.75 Å². The van der Waals surface area contributed by atoms with Crippen LogP contribution in [-0.4, -0.2) is 17.9 Å². The van der Waals surface area contributed by atoms with Gasteiger partial charge in [0.2, 0.25) is 11.8 Å². The second kappa shape index (κ2) is 6.96. The van der Waals surface area contributed by atoms with Gasteiger partial charge in [-0.05, 0) is 36.2 Å². The lowest BCUT2D eigenvalue weighted by atomic mass is 10.2. The predicted molar refractivity (Wildman–Crippen MR) is 87.0 cm³/mol. The van der Waals surface area contributed by atoms with Gasteiger partial charge in [-0.1, -0.05) is 30.3 Å². The topological polar surface area (TPSA) is 67.4 Å². The Morgan fingerprint density at radius 3 is 2.52 bits per heavy atom. The molecule has 0 unspecified atom stereocenters. The van der Waals surface area contributed by atoms with Crippen LogP contribution >= 0.6 is 0 Å². The molecule has 0 aromatic heterocycles. The Hall–Kier alpha value is -2.82. The summed E-state index contributed by atoms with van der Waals surface area (Å²) in [4.78, 5) is 23.1. The molecule has 1 saturated heterocycles. The highest BCUT2D eigenvalue weighted by molar-refractivity contribution is 5.98. The van der Waals surface area contributed by atoms with Crippen molar-refractivity contribution in [3.05, 3.63) is 60.2 Å². The minimum atomic E-state index is -0.434. The number of hydrogen-bond acceptors (Lipinski definition) is 3. The number of benzene rings is 2. The van der Waals surface area contributed by atoms with Gasteiger partial charge in [-0.25, -0.2) is 0 Å². The minimum absolute atomic E-state index is 0.0743. The third-order valence-corrected chi connectivity index (χ3v) is 3.68. The van der Waals surface area contributed by atoms with E-state index in [1.165, 1.54) is 0 Å². The number of rotatable bonds is 5. The highest BCUT2D eigenvalue weighted by Gasteiger charge is 2.26. The summed E-state index contributed by atoms with van der Waals surface area (Å²) >= 11 is 0.